The molecule has 85 valence electrons. The summed E-state index contributed by atoms with van der Waals surface area (Å²) in [7, 11) is 1.52. The van der Waals surface area contributed by atoms with Gasteiger partial charge in [-0.3, -0.25) is 0 Å². The fourth-order valence-electron chi connectivity index (χ4n) is 1.44. The maximum atomic E-state index is 5.91. The topological polar surface area (TPSA) is 30.8 Å². The van der Waals surface area contributed by atoms with Crippen LogP contribution >= 0.6 is 23.2 Å². The van der Waals surface area contributed by atoms with Gasteiger partial charge in [-0.05, 0) is 18.2 Å². The summed E-state index contributed by atoms with van der Waals surface area (Å²) >= 11 is 11.8. The quantitative estimate of drug-likeness (QED) is 0.815. The summed E-state index contributed by atoms with van der Waals surface area (Å²) in [5, 5.41) is 5.04. The SMILES string of the molecule is [CH2]C1(OC)CC(c2cc(Cl)cc(Cl)c2)=NO1. The number of ether oxygens (including phenoxy) is 1. The molecule has 0 spiro atoms. The maximum absolute atomic E-state index is 5.91. The molecular formula is C11H10Cl2NO2. The van der Waals surface area contributed by atoms with Crippen LogP contribution in [0.5, 0.6) is 0 Å². The van der Waals surface area contributed by atoms with Crippen LogP contribution in [0.1, 0.15) is 12.0 Å². The van der Waals surface area contributed by atoms with E-state index >= 15 is 0 Å². The van der Waals surface area contributed by atoms with E-state index in [0.29, 0.717) is 16.5 Å². The van der Waals surface area contributed by atoms with E-state index < -0.39 is 5.79 Å². The van der Waals surface area contributed by atoms with E-state index in [-0.39, 0.29) is 0 Å². The number of rotatable bonds is 2. The van der Waals surface area contributed by atoms with Gasteiger partial charge in [-0.2, -0.15) is 0 Å². The molecule has 1 heterocycles. The van der Waals surface area contributed by atoms with E-state index in [9.17, 15) is 0 Å². The fourth-order valence-corrected chi connectivity index (χ4v) is 1.97. The Hall–Kier alpha value is -0.770. The van der Waals surface area contributed by atoms with Crippen LogP contribution in [-0.2, 0) is 9.57 Å². The zero-order valence-corrected chi connectivity index (χ0v) is 10.2. The molecule has 2 rings (SSSR count). The van der Waals surface area contributed by atoms with E-state index in [1.165, 1.54) is 7.11 Å². The minimum Gasteiger partial charge on any atom is -0.360 e. The molecule has 0 saturated heterocycles. The Balaban J connectivity index is 2.27. The molecule has 5 heteroatoms. The Kier molecular flexibility index (Phi) is 3.10. The van der Waals surface area contributed by atoms with Crippen molar-refractivity contribution in [2.45, 2.75) is 12.2 Å². The number of halogens is 2. The van der Waals surface area contributed by atoms with Gasteiger partial charge in [0.2, 0.25) is 5.79 Å². The molecular weight excluding hydrogens is 249 g/mol. The Bertz CT molecular complexity index is 427. The monoisotopic (exact) mass is 258 g/mol. The van der Waals surface area contributed by atoms with Gasteiger partial charge >= 0.3 is 0 Å². The maximum Gasteiger partial charge on any atom is 0.242 e. The fraction of sp³-hybridized carbons (Fsp3) is 0.273. The van der Waals surface area contributed by atoms with Crippen molar-refractivity contribution >= 4 is 28.9 Å². The van der Waals surface area contributed by atoms with Gasteiger partial charge in [0.05, 0.1) is 12.1 Å². The summed E-state index contributed by atoms with van der Waals surface area (Å²) in [4.78, 5) is 5.10. The van der Waals surface area contributed by atoms with Crippen LogP contribution in [0.2, 0.25) is 10.0 Å². The molecule has 0 saturated carbocycles. The van der Waals surface area contributed by atoms with Crippen LogP contribution in [0.3, 0.4) is 0 Å². The molecule has 1 unspecified atom stereocenters. The average molecular weight is 259 g/mol. The molecule has 3 nitrogen and oxygen atoms in total. The van der Waals surface area contributed by atoms with Crippen molar-refractivity contribution in [3.05, 3.63) is 40.7 Å². The normalized spacial score (nSPS) is 24.1. The second-order valence-electron chi connectivity index (χ2n) is 3.58. The number of hydrogen-bond acceptors (Lipinski definition) is 3. The van der Waals surface area contributed by atoms with Gasteiger partial charge in [0.25, 0.3) is 0 Å². The molecule has 1 atom stereocenters. The van der Waals surface area contributed by atoms with Crippen molar-refractivity contribution in [3.8, 4) is 0 Å². The summed E-state index contributed by atoms with van der Waals surface area (Å²) < 4.78 is 5.10. The van der Waals surface area contributed by atoms with Crippen LogP contribution in [0, 0.1) is 6.92 Å². The van der Waals surface area contributed by atoms with Crippen molar-refractivity contribution < 1.29 is 9.57 Å². The molecule has 1 radical (unpaired) electrons. The van der Waals surface area contributed by atoms with Crippen LogP contribution in [-0.4, -0.2) is 18.6 Å². The van der Waals surface area contributed by atoms with Crippen molar-refractivity contribution in [1.82, 2.24) is 0 Å². The van der Waals surface area contributed by atoms with Gasteiger partial charge in [-0.25, -0.2) is 0 Å². The smallest absolute Gasteiger partial charge is 0.242 e. The molecule has 1 aliphatic rings. The third-order valence-corrected chi connectivity index (χ3v) is 2.76. The lowest BCUT2D eigenvalue weighted by molar-refractivity contribution is -0.172. The summed E-state index contributed by atoms with van der Waals surface area (Å²) in [5.41, 5.74) is 1.54. The minimum atomic E-state index is -0.940. The minimum absolute atomic E-state index is 0.459. The first-order chi connectivity index (χ1) is 7.52. The number of benzene rings is 1. The number of hydrogen-bond donors (Lipinski definition) is 0. The third-order valence-electron chi connectivity index (χ3n) is 2.33. The summed E-state index contributed by atoms with van der Waals surface area (Å²) in [6.45, 7) is 3.78. The Labute approximate surface area is 104 Å². The lowest BCUT2D eigenvalue weighted by Crippen LogP contribution is -2.27. The van der Waals surface area contributed by atoms with Gasteiger partial charge in [0.15, 0.2) is 0 Å². The molecule has 0 N–H and O–H groups in total. The van der Waals surface area contributed by atoms with E-state index in [0.717, 1.165) is 11.3 Å². The van der Waals surface area contributed by atoms with Gasteiger partial charge in [-0.1, -0.05) is 28.4 Å². The molecule has 0 aromatic heterocycles. The first-order valence-electron chi connectivity index (χ1n) is 4.64. The second kappa shape index (κ2) is 4.24. The highest BCUT2D eigenvalue weighted by Gasteiger charge is 2.34. The Morgan fingerprint density at radius 1 is 1.38 bits per heavy atom. The molecule has 1 aromatic carbocycles. The zero-order valence-electron chi connectivity index (χ0n) is 8.67. The zero-order chi connectivity index (χ0) is 11.8. The largest absolute Gasteiger partial charge is 0.360 e. The lowest BCUT2D eigenvalue weighted by Gasteiger charge is -2.18. The molecule has 1 aliphatic heterocycles. The predicted molar refractivity (Wildman–Crippen MR) is 63.8 cm³/mol. The van der Waals surface area contributed by atoms with Crippen molar-refractivity contribution in [3.63, 3.8) is 0 Å². The van der Waals surface area contributed by atoms with Gasteiger partial charge < -0.3 is 9.57 Å². The molecule has 0 amide bonds. The highest BCUT2D eigenvalue weighted by Crippen LogP contribution is 2.28. The highest BCUT2D eigenvalue weighted by molar-refractivity contribution is 6.35. The van der Waals surface area contributed by atoms with Crippen molar-refractivity contribution in [2.75, 3.05) is 7.11 Å². The van der Waals surface area contributed by atoms with Crippen LogP contribution in [0.4, 0.5) is 0 Å². The van der Waals surface area contributed by atoms with E-state index in [4.69, 9.17) is 32.8 Å². The first kappa shape index (κ1) is 11.7. The number of oxime groups is 1. The van der Waals surface area contributed by atoms with Gasteiger partial charge in [0, 0.05) is 29.6 Å². The number of methoxy groups -OCH3 is 1. The average Bonchev–Trinajstić information content (AvgIpc) is 2.61. The standard InChI is InChI=1S/C11H10Cl2NO2/c1-11(15-2)6-10(14-16-11)7-3-8(12)5-9(13)4-7/h3-5H,1,6H2,2H3. The van der Waals surface area contributed by atoms with Crippen molar-refractivity contribution in [2.24, 2.45) is 5.16 Å². The number of nitrogens with zero attached hydrogens (tertiary/aromatic N) is 1. The molecule has 0 fully saturated rings. The van der Waals surface area contributed by atoms with Crippen LogP contribution < -0.4 is 0 Å². The summed E-state index contributed by atoms with van der Waals surface area (Å²) in [6, 6.07) is 5.21. The summed E-state index contributed by atoms with van der Waals surface area (Å²) in [6.07, 6.45) is 0.459. The van der Waals surface area contributed by atoms with Crippen LogP contribution in [0.25, 0.3) is 0 Å². The van der Waals surface area contributed by atoms with Crippen molar-refractivity contribution in [1.29, 1.82) is 0 Å². The molecule has 16 heavy (non-hydrogen) atoms. The predicted octanol–water partition coefficient (Wildman–Crippen LogP) is 3.29. The molecule has 0 aliphatic carbocycles. The second-order valence-corrected chi connectivity index (χ2v) is 4.45. The molecule has 0 bridgehead atoms. The van der Waals surface area contributed by atoms with Crippen LogP contribution in [0.15, 0.2) is 23.4 Å². The van der Waals surface area contributed by atoms with E-state index in [2.05, 4.69) is 12.1 Å². The van der Waals surface area contributed by atoms with E-state index in [1.54, 1.807) is 18.2 Å². The Morgan fingerprint density at radius 3 is 2.50 bits per heavy atom. The first-order valence-corrected chi connectivity index (χ1v) is 5.40. The van der Waals surface area contributed by atoms with E-state index in [1.807, 2.05) is 0 Å². The van der Waals surface area contributed by atoms with Gasteiger partial charge in [0.1, 0.15) is 0 Å². The summed E-state index contributed by atoms with van der Waals surface area (Å²) in [5.74, 6) is -0.940. The highest BCUT2D eigenvalue weighted by atomic mass is 35.5. The Morgan fingerprint density at radius 2 is 2.00 bits per heavy atom. The molecule has 1 aromatic rings. The third kappa shape index (κ3) is 2.32. The lowest BCUT2D eigenvalue weighted by atomic mass is 10.0. The van der Waals surface area contributed by atoms with Gasteiger partial charge in [-0.15, -0.1) is 0 Å².